The van der Waals surface area contributed by atoms with Gasteiger partial charge in [-0.1, -0.05) is 24.3 Å². The molecule has 1 aromatic carbocycles. The molecule has 1 spiro atoms. The second-order valence-corrected chi connectivity index (χ2v) is 6.19. The topological polar surface area (TPSA) is 50.7 Å². The van der Waals surface area contributed by atoms with Crippen LogP contribution in [0.1, 0.15) is 36.8 Å². The number of hydrogen-bond acceptors (Lipinski definition) is 4. The maximum Gasteiger partial charge on any atom is 0.0741 e. The van der Waals surface area contributed by atoms with Gasteiger partial charge in [0.05, 0.1) is 12.2 Å². The van der Waals surface area contributed by atoms with E-state index < -0.39 is 0 Å². The first-order valence-electron chi connectivity index (χ1n) is 7.93. The summed E-state index contributed by atoms with van der Waals surface area (Å²) in [4.78, 5) is 0. The van der Waals surface area contributed by atoms with Crippen LogP contribution in [0.3, 0.4) is 0 Å². The average Bonchev–Trinajstić information content (AvgIpc) is 2.54. The highest BCUT2D eigenvalue weighted by molar-refractivity contribution is 5.21. The number of ether oxygens (including phenoxy) is 2. The van der Waals surface area contributed by atoms with Crippen LogP contribution < -0.4 is 5.32 Å². The third kappa shape index (κ3) is 3.83. The van der Waals surface area contributed by atoms with E-state index in [-0.39, 0.29) is 12.2 Å². The zero-order valence-electron chi connectivity index (χ0n) is 12.5. The fourth-order valence-electron chi connectivity index (χ4n) is 3.32. The highest BCUT2D eigenvalue weighted by Gasteiger charge is 2.38. The quantitative estimate of drug-likeness (QED) is 0.891. The number of benzene rings is 1. The molecular formula is C17H25NO3. The van der Waals surface area contributed by atoms with E-state index in [9.17, 15) is 0 Å². The second-order valence-electron chi connectivity index (χ2n) is 6.19. The molecule has 3 rings (SSSR count). The number of aliphatic hydroxyl groups is 1. The van der Waals surface area contributed by atoms with E-state index >= 15 is 0 Å². The fourth-order valence-corrected chi connectivity index (χ4v) is 3.32. The van der Waals surface area contributed by atoms with E-state index in [1.807, 2.05) is 12.1 Å². The number of nitrogens with one attached hydrogen (secondary N) is 1. The number of hydrogen-bond donors (Lipinski definition) is 2. The molecule has 2 aliphatic rings. The van der Waals surface area contributed by atoms with Gasteiger partial charge >= 0.3 is 0 Å². The standard InChI is InChI=1S/C17H25NO3/c19-13-15-3-1-14(2-4-15)12-18-16-5-8-21-17(11-16)6-9-20-10-7-17/h1-4,16,18-19H,5-13H2. The van der Waals surface area contributed by atoms with E-state index in [4.69, 9.17) is 14.6 Å². The molecule has 116 valence electrons. The second kappa shape index (κ2) is 6.88. The van der Waals surface area contributed by atoms with Gasteiger partial charge in [0, 0.05) is 32.4 Å². The van der Waals surface area contributed by atoms with Crippen LogP contribution in [0.15, 0.2) is 24.3 Å². The largest absolute Gasteiger partial charge is 0.392 e. The van der Waals surface area contributed by atoms with E-state index in [1.54, 1.807) is 0 Å². The first-order valence-corrected chi connectivity index (χ1v) is 7.93. The fraction of sp³-hybridized carbons (Fsp3) is 0.647. The predicted octanol–water partition coefficient (Wildman–Crippen LogP) is 2.00. The van der Waals surface area contributed by atoms with E-state index in [1.165, 1.54) is 5.56 Å². The van der Waals surface area contributed by atoms with Crippen molar-refractivity contribution in [2.45, 2.75) is 50.5 Å². The van der Waals surface area contributed by atoms with Crippen molar-refractivity contribution in [1.29, 1.82) is 0 Å². The summed E-state index contributed by atoms with van der Waals surface area (Å²) >= 11 is 0. The van der Waals surface area contributed by atoms with Crippen molar-refractivity contribution >= 4 is 0 Å². The molecule has 1 unspecified atom stereocenters. The lowest BCUT2D eigenvalue weighted by Crippen LogP contribution is -2.49. The van der Waals surface area contributed by atoms with Crippen LogP contribution in [-0.2, 0) is 22.6 Å². The third-order valence-corrected chi connectivity index (χ3v) is 4.70. The molecule has 2 saturated heterocycles. The minimum absolute atomic E-state index is 0.0505. The van der Waals surface area contributed by atoms with Crippen LogP contribution in [0.25, 0.3) is 0 Å². The van der Waals surface area contributed by atoms with E-state index in [0.29, 0.717) is 6.04 Å². The van der Waals surface area contributed by atoms with Crippen LogP contribution in [0, 0.1) is 0 Å². The molecule has 2 heterocycles. The van der Waals surface area contributed by atoms with Crippen LogP contribution in [0.5, 0.6) is 0 Å². The van der Waals surface area contributed by atoms with Crippen molar-refractivity contribution in [3.05, 3.63) is 35.4 Å². The van der Waals surface area contributed by atoms with Crippen LogP contribution in [0.4, 0.5) is 0 Å². The Morgan fingerprint density at radius 2 is 1.81 bits per heavy atom. The summed E-state index contributed by atoms with van der Waals surface area (Å²) < 4.78 is 11.5. The molecule has 1 aromatic rings. The van der Waals surface area contributed by atoms with E-state index in [0.717, 1.165) is 57.6 Å². The van der Waals surface area contributed by atoms with Gasteiger partial charge in [0.1, 0.15) is 0 Å². The van der Waals surface area contributed by atoms with Gasteiger partial charge in [0.2, 0.25) is 0 Å². The molecule has 0 bridgehead atoms. The van der Waals surface area contributed by atoms with Crippen molar-refractivity contribution in [2.24, 2.45) is 0 Å². The zero-order chi connectivity index (χ0) is 14.5. The molecule has 21 heavy (non-hydrogen) atoms. The smallest absolute Gasteiger partial charge is 0.0741 e. The molecular weight excluding hydrogens is 266 g/mol. The lowest BCUT2D eigenvalue weighted by atomic mass is 9.84. The summed E-state index contributed by atoms with van der Waals surface area (Å²) in [7, 11) is 0. The summed E-state index contributed by atoms with van der Waals surface area (Å²) in [6.45, 7) is 3.49. The first-order chi connectivity index (χ1) is 10.3. The Hall–Kier alpha value is -0.940. The average molecular weight is 291 g/mol. The minimum Gasteiger partial charge on any atom is -0.392 e. The Morgan fingerprint density at radius 3 is 2.52 bits per heavy atom. The van der Waals surface area contributed by atoms with Crippen molar-refractivity contribution in [3.63, 3.8) is 0 Å². The number of rotatable bonds is 4. The first kappa shape index (κ1) is 15.0. The van der Waals surface area contributed by atoms with Gasteiger partial charge < -0.3 is 19.9 Å². The Morgan fingerprint density at radius 1 is 1.10 bits per heavy atom. The normalized spacial score (nSPS) is 25.1. The van der Waals surface area contributed by atoms with Gasteiger partial charge in [-0.2, -0.15) is 0 Å². The van der Waals surface area contributed by atoms with Gasteiger partial charge in [0.15, 0.2) is 0 Å². The lowest BCUT2D eigenvalue weighted by Gasteiger charge is -2.43. The molecule has 1 atom stereocenters. The maximum atomic E-state index is 9.06. The molecule has 2 fully saturated rings. The molecule has 0 aromatic heterocycles. The van der Waals surface area contributed by atoms with Crippen molar-refractivity contribution in [3.8, 4) is 0 Å². The van der Waals surface area contributed by atoms with Crippen LogP contribution in [-0.4, -0.2) is 36.6 Å². The number of aliphatic hydroxyl groups excluding tert-OH is 1. The summed E-state index contributed by atoms with van der Waals surface area (Å²) in [5.41, 5.74) is 2.28. The predicted molar refractivity (Wildman–Crippen MR) is 81.0 cm³/mol. The third-order valence-electron chi connectivity index (χ3n) is 4.70. The molecule has 2 N–H and O–H groups in total. The van der Waals surface area contributed by atoms with Crippen LogP contribution >= 0.6 is 0 Å². The summed E-state index contributed by atoms with van der Waals surface area (Å²) in [6, 6.07) is 8.67. The highest BCUT2D eigenvalue weighted by atomic mass is 16.5. The van der Waals surface area contributed by atoms with Gasteiger partial charge in [-0.05, 0) is 36.8 Å². The summed E-state index contributed by atoms with van der Waals surface area (Å²) in [5, 5.41) is 12.7. The SMILES string of the molecule is OCc1ccc(CNC2CCOC3(CCOCC3)C2)cc1. The molecule has 4 nitrogen and oxygen atoms in total. The molecule has 0 amide bonds. The molecule has 0 saturated carbocycles. The van der Waals surface area contributed by atoms with Gasteiger partial charge in [-0.25, -0.2) is 0 Å². The molecule has 0 radical (unpaired) electrons. The molecule has 4 heteroatoms. The highest BCUT2D eigenvalue weighted by Crippen LogP contribution is 2.34. The van der Waals surface area contributed by atoms with Crippen molar-refractivity contribution in [2.75, 3.05) is 19.8 Å². The minimum atomic E-state index is 0.0505. The monoisotopic (exact) mass is 291 g/mol. The van der Waals surface area contributed by atoms with Crippen molar-refractivity contribution in [1.82, 2.24) is 5.32 Å². The van der Waals surface area contributed by atoms with Crippen molar-refractivity contribution < 1.29 is 14.6 Å². The maximum absolute atomic E-state index is 9.06. The summed E-state index contributed by atoms with van der Waals surface area (Å²) in [5.74, 6) is 0. The van der Waals surface area contributed by atoms with Gasteiger partial charge in [0.25, 0.3) is 0 Å². The lowest BCUT2D eigenvalue weighted by molar-refractivity contribution is -0.140. The van der Waals surface area contributed by atoms with Gasteiger partial charge in [-0.15, -0.1) is 0 Å². The Balaban J connectivity index is 1.52. The van der Waals surface area contributed by atoms with Gasteiger partial charge in [-0.3, -0.25) is 0 Å². The Kier molecular flexibility index (Phi) is 4.91. The Labute approximate surface area is 126 Å². The van der Waals surface area contributed by atoms with E-state index in [2.05, 4.69) is 17.4 Å². The molecule has 2 aliphatic heterocycles. The Bertz CT molecular complexity index is 434. The molecule has 0 aliphatic carbocycles. The van der Waals surface area contributed by atoms with Crippen LogP contribution in [0.2, 0.25) is 0 Å². The summed E-state index contributed by atoms with van der Waals surface area (Å²) in [6.07, 6.45) is 4.22. The zero-order valence-corrected chi connectivity index (χ0v) is 12.5.